The molecule has 0 rings (SSSR count). The van der Waals surface area contributed by atoms with Gasteiger partial charge in [-0.25, -0.2) is 26.3 Å². The molecule has 0 atom stereocenters. The summed E-state index contributed by atoms with van der Waals surface area (Å²) in [5, 5.41) is 0. The molecule has 0 aromatic carbocycles. The monoisotopic (exact) mass is 192 g/mol. The van der Waals surface area contributed by atoms with Gasteiger partial charge in [0, 0.05) is 0 Å². The predicted octanol–water partition coefficient (Wildman–Crippen LogP) is 3.10. The minimum Gasteiger partial charge on any atom is -0.204 e. The SMILES string of the molecule is C=CC(F)(F)CC(F)(F)C(F)F. The fourth-order valence-corrected chi connectivity index (χ4v) is 0.464. The van der Waals surface area contributed by atoms with Crippen molar-refractivity contribution in [1.29, 1.82) is 0 Å². The molecule has 0 amide bonds. The quantitative estimate of drug-likeness (QED) is 0.474. The van der Waals surface area contributed by atoms with Gasteiger partial charge >= 0.3 is 12.3 Å². The molecule has 0 radical (unpaired) electrons. The van der Waals surface area contributed by atoms with Crippen LogP contribution < -0.4 is 0 Å². The topological polar surface area (TPSA) is 0 Å². The average Bonchev–Trinajstić information content (AvgIpc) is 1.85. The first kappa shape index (κ1) is 11.3. The van der Waals surface area contributed by atoms with Crippen LogP contribution in [0.25, 0.3) is 0 Å². The number of rotatable bonds is 4. The van der Waals surface area contributed by atoms with Crippen LogP contribution in [-0.4, -0.2) is 18.3 Å². The average molecular weight is 192 g/mol. The highest BCUT2D eigenvalue weighted by Gasteiger charge is 2.48. The summed E-state index contributed by atoms with van der Waals surface area (Å²) in [7, 11) is 0. The van der Waals surface area contributed by atoms with E-state index in [0.29, 0.717) is 0 Å². The molecule has 0 bridgehead atoms. The maximum atomic E-state index is 12.1. The van der Waals surface area contributed by atoms with E-state index in [9.17, 15) is 26.3 Å². The summed E-state index contributed by atoms with van der Waals surface area (Å²) in [6.45, 7) is 2.55. The Bertz CT molecular complexity index is 161. The Balaban J connectivity index is 4.33. The van der Waals surface area contributed by atoms with E-state index >= 15 is 0 Å². The third kappa shape index (κ3) is 3.15. The first-order valence-electron chi connectivity index (χ1n) is 2.89. The molecule has 0 fully saturated rings. The molecule has 0 heterocycles. The lowest BCUT2D eigenvalue weighted by Crippen LogP contribution is -2.33. The second-order valence-electron chi connectivity index (χ2n) is 2.20. The zero-order valence-corrected chi connectivity index (χ0v) is 5.84. The van der Waals surface area contributed by atoms with E-state index in [2.05, 4.69) is 6.58 Å². The van der Waals surface area contributed by atoms with Gasteiger partial charge in [0.15, 0.2) is 0 Å². The Morgan fingerprint density at radius 3 is 1.83 bits per heavy atom. The summed E-state index contributed by atoms with van der Waals surface area (Å²) in [5.41, 5.74) is 0. The van der Waals surface area contributed by atoms with E-state index in [1.54, 1.807) is 0 Å². The van der Waals surface area contributed by atoms with Gasteiger partial charge in [0.2, 0.25) is 0 Å². The minimum atomic E-state index is -4.67. The Morgan fingerprint density at radius 2 is 1.58 bits per heavy atom. The Hall–Kier alpha value is -0.680. The summed E-state index contributed by atoms with van der Waals surface area (Å²) >= 11 is 0. The van der Waals surface area contributed by atoms with Crippen molar-refractivity contribution < 1.29 is 26.3 Å². The molecule has 0 aliphatic carbocycles. The summed E-state index contributed by atoms with van der Waals surface area (Å²) < 4.78 is 70.8. The fourth-order valence-electron chi connectivity index (χ4n) is 0.464. The van der Waals surface area contributed by atoms with Crippen LogP contribution in [0.2, 0.25) is 0 Å². The maximum absolute atomic E-state index is 12.1. The minimum absolute atomic E-state index is 0.0801. The van der Waals surface area contributed by atoms with Crippen LogP contribution in [0.1, 0.15) is 6.42 Å². The lowest BCUT2D eigenvalue weighted by atomic mass is 10.1. The Kier molecular flexibility index (Phi) is 3.17. The van der Waals surface area contributed by atoms with Crippen LogP contribution in [0.4, 0.5) is 26.3 Å². The summed E-state index contributed by atoms with van der Waals surface area (Å²) in [6, 6.07) is 0. The summed E-state index contributed by atoms with van der Waals surface area (Å²) in [4.78, 5) is 0. The highest BCUT2D eigenvalue weighted by atomic mass is 19.3. The number of hydrogen-bond acceptors (Lipinski definition) is 0. The van der Waals surface area contributed by atoms with Crippen molar-refractivity contribution >= 4 is 0 Å². The van der Waals surface area contributed by atoms with Gasteiger partial charge in [-0.15, -0.1) is 0 Å². The standard InChI is InChI=1S/C6H6F6/c1-2-5(9,10)3-6(11,12)4(7)8/h2,4H,1,3H2. The second kappa shape index (κ2) is 3.37. The third-order valence-corrected chi connectivity index (χ3v) is 1.09. The first-order valence-corrected chi connectivity index (χ1v) is 2.89. The van der Waals surface area contributed by atoms with Crippen molar-refractivity contribution in [2.45, 2.75) is 24.7 Å². The molecule has 6 heteroatoms. The Labute approximate surface area is 64.9 Å². The number of hydrogen-bond donors (Lipinski definition) is 0. The molecule has 0 aromatic rings. The normalized spacial score (nSPS) is 13.6. The zero-order valence-electron chi connectivity index (χ0n) is 5.84. The largest absolute Gasteiger partial charge is 0.313 e. The van der Waals surface area contributed by atoms with E-state index in [0.717, 1.165) is 0 Å². The predicted molar refractivity (Wildman–Crippen MR) is 30.7 cm³/mol. The molecule has 0 saturated carbocycles. The van der Waals surface area contributed by atoms with Crippen LogP contribution in [-0.2, 0) is 0 Å². The lowest BCUT2D eigenvalue weighted by Gasteiger charge is -2.19. The van der Waals surface area contributed by atoms with E-state index in [1.165, 1.54) is 0 Å². The molecule has 72 valence electrons. The highest BCUT2D eigenvalue weighted by molar-refractivity contribution is 4.91. The van der Waals surface area contributed by atoms with Crippen molar-refractivity contribution in [2.75, 3.05) is 0 Å². The molecule has 0 aliphatic heterocycles. The van der Waals surface area contributed by atoms with E-state index in [1.807, 2.05) is 0 Å². The van der Waals surface area contributed by atoms with Crippen LogP contribution in [0, 0.1) is 0 Å². The number of alkyl halides is 6. The van der Waals surface area contributed by atoms with Crippen LogP contribution in [0.15, 0.2) is 12.7 Å². The number of halogens is 6. The van der Waals surface area contributed by atoms with Crippen molar-refractivity contribution in [3.8, 4) is 0 Å². The van der Waals surface area contributed by atoms with Crippen LogP contribution in [0.3, 0.4) is 0 Å². The van der Waals surface area contributed by atoms with E-state index < -0.39 is 24.7 Å². The third-order valence-electron chi connectivity index (χ3n) is 1.09. The molecule has 0 spiro atoms. The molecule has 0 nitrogen and oxygen atoms in total. The molecule has 0 unspecified atom stereocenters. The molecule has 12 heavy (non-hydrogen) atoms. The van der Waals surface area contributed by atoms with Gasteiger partial charge in [0.25, 0.3) is 5.92 Å². The van der Waals surface area contributed by atoms with Gasteiger partial charge < -0.3 is 0 Å². The second-order valence-corrected chi connectivity index (χ2v) is 2.20. The van der Waals surface area contributed by atoms with Gasteiger partial charge in [0.05, 0.1) is 6.42 Å². The van der Waals surface area contributed by atoms with Crippen molar-refractivity contribution in [1.82, 2.24) is 0 Å². The maximum Gasteiger partial charge on any atom is 0.313 e. The van der Waals surface area contributed by atoms with Crippen molar-refractivity contribution in [3.63, 3.8) is 0 Å². The lowest BCUT2D eigenvalue weighted by molar-refractivity contribution is -0.167. The van der Waals surface area contributed by atoms with Crippen molar-refractivity contribution in [2.24, 2.45) is 0 Å². The van der Waals surface area contributed by atoms with Crippen molar-refractivity contribution in [3.05, 3.63) is 12.7 Å². The van der Waals surface area contributed by atoms with Gasteiger partial charge in [0.1, 0.15) is 0 Å². The molecule has 0 aliphatic rings. The van der Waals surface area contributed by atoms with Gasteiger partial charge in [-0.2, -0.15) is 0 Å². The molecule has 0 saturated heterocycles. The van der Waals surface area contributed by atoms with E-state index in [4.69, 9.17) is 0 Å². The fraction of sp³-hybridized carbons (Fsp3) is 0.667. The molecule has 0 N–H and O–H groups in total. The van der Waals surface area contributed by atoms with Gasteiger partial charge in [-0.3, -0.25) is 0 Å². The Morgan fingerprint density at radius 1 is 1.17 bits per heavy atom. The number of allylic oxidation sites excluding steroid dienone is 1. The summed E-state index contributed by atoms with van der Waals surface area (Å²) in [6.07, 6.45) is -6.37. The van der Waals surface area contributed by atoms with E-state index in [-0.39, 0.29) is 6.08 Å². The summed E-state index contributed by atoms with van der Waals surface area (Å²) in [5.74, 6) is -8.63. The molecule has 0 aromatic heterocycles. The van der Waals surface area contributed by atoms with Gasteiger partial charge in [-0.05, 0) is 6.08 Å². The first-order chi connectivity index (χ1) is 5.21. The zero-order chi connectivity index (χ0) is 9.99. The van der Waals surface area contributed by atoms with Crippen LogP contribution in [0.5, 0.6) is 0 Å². The molecular formula is C6H6F6. The smallest absolute Gasteiger partial charge is 0.204 e. The molecular weight excluding hydrogens is 186 g/mol. The highest BCUT2D eigenvalue weighted by Crippen LogP contribution is 2.35. The van der Waals surface area contributed by atoms with Gasteiger partial charge in [-0.1, -0.05) is 6.58 Å². The van der Waals surface area contributed by atoms with Crippen LogP contribution >= 0.6 is 0 Å².